The van der Waals surface area contributed by atoms with Gasteiger partial charge in [-0.05, 0) is 45.2 Å². The molecule has 6 nitrogen and oxygen atoms in total. The molecule has 0 aliphatic carbocycles. The van der Waals surface area contributed by atoms with Gasteiger partial charge in [0.05, 0.1) is 0 Å². The lowest BCUT2D eigenvalue weighted by atomic mass is 9.89. The lowest BCUT2D eigenvalue weighted by Gasteiger charge is -2.33. The van der Waals surface area contributed by atoms with Crippen molar-refractivity contribution in [3.05, 3.63) is 18.2 Å². The lowest BCUT2D eigenvalue weighted by Crippen LogP contribution is -2.48. The van der Waals surface area contributed by atoms with Crippen molar-refractivity contribution in [2.75, 3.05) is 31.6 Å². The molecule has 130 valence electrons. The summed E-state index contributed by atoms with van der Waals surface area (Å²) in [5.74, 6) is 0.856. The van der Waals surface area contributed by atoms with Crippen molar-refractivity contribution in [2.24, 2.45) is 5.41 Å². The van der Waals surface area contributed by atoms with E-state index in [1.807, 2.05) is 0 Å². The SMILES string of the molecule is CC(C)(C(=O)Nc1ccc2c(c1)OCCO2)C(=O)N1CCCCC1. The number of fused-ring (bicyclic) bond motifs is 1. The Hall–Kier alpha value is -2.24. The van der Waals surface area contributed by atoms with Gasteiger partial charge in [-0.3, -0.25) is 9.59 Å². The minimum atomic E-state index is -1.11. The number of ether oxygens (including phenoxy) is 2. The highest BCUT2D eigenvalue weighted by Gasteiger charge is 2.39. The minimum absolute atomic E-state index is 0.114. The van der Waals surface area contributed by atoms with Crippen LogP contribution in [0.1, 0.15) is 33.1 Å². The van der Waals surface area contributed by atoms with Crippen molar-refractivity contribution in [3.63, 3.8) is 0 Å². The van der Waals surface area contributed by atoms with Crippen LogP contribution in [0.3, 0.4) is 0 Å². The number of anilines is 1. The normalized spacial score (nSPS) is 17.3. The summed E-state index contributed by atoms with van der Waals surface area (Å²) in [5, 5.41) is 2.83. The zero-order chi connectivity index (χ0) is 17.2. The Bertz CT molecular complexity index is 636. The van der Waals surface area contributed by atoms with Crippen LogP contribution in [0.2, 0.25) is 0 Å². The third-order valence-corrected chi connectivity index (χ3v) is 4.55. The molecule has 0 aromatic heterocycles. The molecule has 24 heavy (non-hydrogen) atoms. The van der Waals surface area contributed by atoms with Gasteiger partial charge in [0.15, 0.2) is 11.5 Å². The molecule has 0 radical (unpaired) electrons. The van der Waals surface area contributed by atoms with Crippen LogP contribution in [0, 0.1) is 5.41 Å². The molecular formula is C18H24N2O4. The van der Waals surface area contributed by atoms with Crippen LogP contribution in [0.15, 0.2) is 18.2 Å². The van der Waals surface area contributed by atoms with E-state index in [1.165, 1.54) is 0 Å². The molecule has 0 saturated carbocycles. The average Bonchev–Trinajstić information content (AvgIpc) is 2.61. The first-order valence-electron chi connectivity index (χ1n) is 8.49. The van der Waals surface area contributed by atoms with Gasteiger partial charge in [0.25, 0.3) is 0 Å². The number of carbonyl (C=O) groups excluding carboxylic acids is 2. The Morgan fingerprint density at radius 3 is 2.42 bits per heavy atom. The van der Waals surface area contributed by atoms with Crippen LogP contribution in [-0.2, 0) is 9.59 Å². The Balaban J connectivity index is 1.69. The van der Waals surface area contributed by atoms with Gasteiger partial charge in [-0.15, -0.1) is 0 Å². The molecule has 3 rings (SSSR count). The Morgan fingerprint density at radius 1 is 1.04 bits per heavy atom. The summed E-state index contributed by atoms with van der Waals surface area (Å²) >= 11 is 0. The number of likely N-dealkylation sites (tertiary alicyclic amines) is 1. The van der Waals surface area contributed by atoms with E-state index in [2.05, 4.69) is 5.32 Å². The standard InChI is InChI=1S/C18H24N2O4/c1-18(2,17(22)20-8-4-3-5-9-20)16(21)19-13-6-7-14-15(12-13)24-11-10-23-14/h6-7,12H,3-5,8-11H2,1-2H3,(H,19,21). The van der Waals surface area contributed by atoms with Crippen molar-refractivity contribution in [3.8, 4) is 11.5 Å². The molecule has 0 bridgehead atoms. The van der Waals surface area contributed by atoms with Crippen molar-refractivity contribution in [1.29, 1.82) is 0 Å². The van der Waals surface area contributed by atoms with Gasteiger partial charge in [-0.25, -0.2) is 0 Å². The number of hydrogen-bond acceptors (Lipinski definition) is 4. The first-order chi connectivity index (χ1) is 11.5. The van der Waals surface area contributed by atoms with Gasteiger partial charge in [-0.2, -0.15) is 0 Å². The zero-order valence-electron chi connectivity index (χ0n) is 14.3. The van der Waals surface area contributed by atoms with Crippen LogP contribution >= 0.6 is 0 Å². The van der Waals surface area contributed by atoms with Crippen molar-refractivity contribution >= 4 is 17.5 Å². The van der Waals surface area contributed by atoms with E-state index in [4.69, 9.17) is 9.47 Å². The topological polar surface area (TPSA) is 67.9 Å². The van der Waals surface area contributed by atoms with Gasteiger partial charge in [0, 0.05) is 24.8 Å². The molecule has 2 amide bonds. The van der Waals surface area contributed by atoms with Crippen LogP contribution in [0.25, 0.3) is 0 Å². The van der Waals surface area contributed by atoms with Gasteiger partial charge in [0.1, 0.15) is 18.6 Å². The van der Waals surface area contributed by atoms with Crippen molar-refractivity contribution in [2.45, 2.75) is 33.1 Å². The summed E-state index contributed by atoms with van der Waals surface area (Å²) in [6, 6.07) is 5.25. The van der Waals surface area contributed by atoms with Gasteiger partial charge in [-0.1, -0.05) is 0 Å². The molecule has 1 fully saturated rings. The smallest absolute Gasteiger partial charge is 0.239 e. The maximum atomic E-state index is 12.7. The summed E-state index contributed by atoms with van der Waals surface area (Å²) < 4.78 is 11.0. The summed E-state index contributed by atoms with van der Waals surface area (Å²) in [6.45, 7) is 5.84. The number of benzene rings is 1. The zero-order valence-corrected chi connectivity index (χ0v) is 14.3. The predicted molar refractivity (Wildman–Crippen MR) is 90.3 cm³/mol. The summed E-state index contributed by atoms with van der Waals surface area (Å²) in [4.78, 5) is 27.2. The van der Waals surface area contributed by atoms with E-state index >= 15 is 0 Å². The summed E-state index contributed by atoms with van der Waals surface area (Å²) in [7, 11) is 0. The van der Waals surface area contributed by atoms with Gasteiger partial charge in [0.2, 0.25) is 11.8 Å². The van der Waals surface area contributed by atoms with E-state index in [1.54, 1.807) is 36.9 Å². The first-order valence-corrected chi connectivity index (χ1v) is 8.49. The van der Waals surface area contributed by atoms with Crippen LogP contribution in [0.5, 0.6) is 11.5 Å². The fraction of sp³-hybridized carbons (Fsp3) is 0.556. The minimum Gasteiger partial charge on any atom is -0.486 e. The number of amides is 2. The fourth-order valence-electron chi connectivity index (χ4n) is 3.00. The number of piperidine rings is 1. The molecule has 6 heteroatoms. The van der Waals surface area contributed by atoms with Crippen LogP contribution in [0.4, 0.5) is 5.69 Å². The molecule has 1 aromatic rings. The third kappa shape index (κ3) is 3.32. The number of carbonyl (C=O) groups is 2. The quantitative estimate of drug-likeness (QED) is 0.863. The highest BCUT2D eigenvalue weighted by atomic mass is 16.6. The summed E-state index contributed by atoms with van der Waals surface area (Å²) in [6.07, 6.45) is 3.16. The molecule has 1 aromatic carbocycles. The molecule has 0 spiro atoms. The highest BCUT2D eigenvalue weighted by molar-refractivity contribution is 6.09. The second-order valence-electron chi connectivity index (χ2n) is 6.79. The molecule has 1 N–H and O–H groups in total. The molecule has 0 atom stereocenters. The van der Waals surface area contributed by atoms with Gasteiger partial charge >= 0.3 is 0 Å². The molecule has 2 aliphatic rings. The maximum Gasteiger partial charge on any atom is 0.239 e. The average molecular weight is 332 g/mol. The second-order valence-corrected chi connectivity index (χ2v) is 6.79. The number of rotatable bonds is 3. The Kier molecular flexibility index (Phi) is 4.64. The van der Waals surface area contributed by atoms with Crippen LogP contribution < -0.4 is 14.8 Å². The van der Waals surface area contributed by atoms with Crippen molar-refractivity contribution in [1.82, 2.24) is 4.90 Å². The van der Waals surface area contributed by atoms with E-state index < -0.39 is 5.41 Å². The largest absolute Gasteiger partial charge is 0.486 e. The molecule has 2 aliphatic heterocycles. The molecule has 0 unspecified atom stereocenters. The molecular weight excluding hydrogens is 308 g/mol. The van der Waals surface area contributed by atoms with Crippen molar-refractivity contribution < 1.29 is 19.1 Å². The third-order valence-electron chi connectivity index (χ3n) is 4.55. The Morgan fingerprint density at radius 2 is 1.71 bits per heavy atom. The van der Waals surface area contributed by atoms with E-state index in [0.717, 1.165) is 32.4 Å². The van der Waals surface area contributed by atoms with Crippen LogP contribution in [-0.4, -0.2) is 43.0 Å². The highest BCUT2D eigenvalue weighted by Crippen LogP contribution is 2.33. The van der Waals surface area contributed by atoms with Gasteiger partial charge < -0.3 is 19.7 Å². The molecule has 1 saturated heterocycles. The number of nitrogens with one attached hydrogen (secondary N) is 1. The van der Waals surface area contributed by atoms with E-state index in [-0.39, 0.29) is 11.8 Å². The van der Waals surface area contributed by atoms with E-state index in [0.29, 0.717) is 30.4 Å². The number of hydrogen-bond donors (Lipinski definition) is 1. The summed E-state index contributed by atoms with van der Waals surface area (Å²) in [5.41, 5.74) is -0.506. The maximum absolute atomic E-state index is 12.7. The number of nitrogens with zero attached hydrogens (tertiary/aromatic N) is 1. The first kappa shape index (κ1) is 16.6. The van der Waals surface area contributed by atoms with E-state index in [9.17, 15) is 9.59 Å². The molecule has 2 heterocycles. The lowest BCUT2D eigenvalue weighted by molar-refractivity contribution is -0.147. The Labute approximate surface area is 142 Å². The monoisotopic (exact) mass is 332 g/mol. The predicted octanol–water partition coefficient (Wildman–Crippen LogP) is 2.44. The fourth-order valence-corrected chi connectivity index (χ4v) is 3.00. The second kappa shape index (κ2) is 6.71.